The molecule has 3 aromatic carbocycles. The molecule has 1 saturated carbocycles. The van der Waals surface area contributed by atoms with E-state index in [4.69, 9.17) is 4.98 Å². The molecule has 5 fully saturated rings. The van der Waals surface area contributed by atoms with Gasteiger partial charge in [-0.2, -0.15) is 0 Å². The lowest BCUT2D eigenvalue weighted by Crippen LogP contribution is -2.54. The second-order valence-electron chi connectivity index (χ2n) is 20.1. The van der Waals surface area contributed by atoms with Crippen molar-refractivity contribution in [1.82, 2.24) is 44.9 Å². The molecule has 0 unspecified atom stereocenters. The van der Waals surface area contributed by atoms with E-state index in [1.54, 1.807) is 18.5 Å². The van der Waals surface area contributed by atoms with Gasteiger partial charge in [-0.1, -0.05) is 30.3 Å². The molecule has 3 N–H and O–H groups in total. The van der Waals surface area contributed by atoms with Crippen molar-refractivity contribution in [2.24, 2.45) is 11.8 Å². The zero-order valence-corrected chi connectivity index (χ0v) is 39.9. The van der Waals surface area contributed by atoms with Gasteiger partial charge in [-0.25, -0.2) is 15.0 Å². The molecule has 1 atom stereocenters. The van der Waals surface area contributed by atoms with Gasteiger partial charge >= 0.3 is 0 Å². The van der Waals surface area contributed by atoms with Crippen molar-refractivity contribution < 1.29 is 28.8 Å². The Morgan fingerprint density at radius 3 is 2.17 bits per heavy atom. The van der Waals surface area contributed by atoms with Gasteiger partial charge in [-0.05, 0) is 112 Å². The number of carbonyl (C=O) groups is 6. The third kappa shape index (κ3) is 9.68. The van der Waals surface area contributed by atoms with E-state index in [-0.39, 0.29) is 53.8 Å². The minimum atomic E-state index is -0.995. The number of hydrogen-bond donors (Lipinski definition) is 3. The summed E-state index contributed by atoms with van der Waals surface area (Å²) in [7, 11) is 0. The number of hydrogen-bond acceptors (Lipinski definition) is 13. The maximum atomic E-state index is 13.7. The highest BCUT2D eigenvalue weighted by Gasteiger charge is 2.45. The van der Waals surface area contributed by atoms with Gasteiger partial charge in [0.25, 0.3) is 11.8 Å². The molecule has 18 nitrogen and oxygen atoms in total. The summed E-state index contributed by atoms with van der Waals surface area (Å²) in [4.78, 5) is 101. The molecule has 0 bridgehead atoms. The normalized spacial score (nSPS) is 22.4. The standard InChI is InChI=1S/C53H60N12O6/c66-45-13-12-44(50(68)59-45)65-52(70)42-11-10-40(31-43(42)53(65)71)62-22-17-36(18-23-62)51(69)63-26-24-60(25-27-63)19-14-34-15-20-61(21-16-34)39-8-6-37(7-9-39)58-48-47-49(55-32-54-48)64(33-56-47)41-29-38(30-41)57-46(67)28-35-4-2-1-3-5-35/h1-11,31-34,36,38,41,44H,12-30H2,(H,57,67)(H,54,55,58)(H,59,66,68)/t38?,41?,44-/m0/s1. The topological polar surface area (TPSA) is 198 Å². The third-order valence-electron chi connectivity index (χ3n) is 15.7. The number of piperazine rings is 1. The van der Waals surface area contributed by atoms with Crippen LogP contribution in [0.1, 0.15) is 90.1 Å². The molecule has 4 saturated heterocycles. The van der Waals surface area contributed by atoms with Crippen LogP contribution in [0.3, 0.4) is 0 Å². The molecular formula is C53H60N12O6. The van der Waals surface area contributed by atoms with Crippen LogP contribution in [0.4, 0.5) is 22.9 Å². The summed E-state index contributed by atoms with van der Waals surface area (Å²) in [6, 6.07) is 22.9. The average Bonchev–Trinajstić information content (AvgIpc) is 3.92. The molecule has 0 radical (unpaired) electrons. The van der Waals surface area contributed by atoms with E-state index in [9.17, 15) is 28.8 Å². The monoisotopic (exact) mass is 960 g/mol. The largest absolute Gasteiger partial charge is 0.372 e. The number of imidazole rings is 1. The smallest absolute Gasteiger partial charge is 0.262 e. The molecule has 11 rings (SSSR count). The minimum Gasteiger partial charge on any atom is -0.372 e. The maximum absolute atomic E-state index is 13.7. The number of benzene rings is 3. The van der Waals surface area contributed by atoms with Crippen molar-refractivity contribution in [1.29, 1.82) is 0 Å². The van der Waals surface area contributed by atoms with Gasteiger partial charge in [-0.3, -0.25) is 43.9 Å². The van der Waals surface area contributed by atoms with Crippen molar-refractivity contribution in [2.45, 2.75) is 82.3 Å². The molecule has 6 amide bonds. The van der Waals surface area contributed by atoms with Gasteiger partial charge in [0.05, 0.1) is 23.9 Å². The van der Waals surface area contributed by atoms with Gasteiger partial charge < -0.3 is 29.9 Å². The number of nitrogens with zero attached hydrogens (tertiary/aromatic N) is 9. The first-order valence-electron chi connectivity index (χ1n) is 25.4. The summed E-state index contributed by atoms with van der Waals surface area (Å²) in [5.41, 5.74) is 6.02. The number of anilines is 4. The summed E-state index contributed by atoms with van der Waals surface area (Å²) >= 11 is 0. The zero-order chi connectivity index (χ0) is 48.6. The van der Waals surface area contributed by atoms with E-state index < -0.39 is 29.7 Å². The summed E-state index contributed by atoms with van der Waals surface area (Å²) in [6.45, 7) is 7.70. The lowest BCUT2D eigenvalue weighted by molar-refractivity contribution is -0.138. The number of amides is 6. The molecule has 6 aliphatic rings. The molecule has 5 aromatic rings. The summed E-state index contributed by atoms with van der Waals surface area (Å²) in [6.07, 6.45) is 10.6. The van der Waals surface area contributed by atoms with Crippen LogP contribution < -0.4 is 25.8 Å². The fourth-order valence-corrected chi connectivity index (χ4v) is 11.4. The first-order valence-corrected chi connectivity index (χ1v) is 25.4. The molecule has 2 aromatic heterocycles. The van der Waals surface area contributed by atoms with Crippen LogP contribution in [0, 0.1) is 11.8 Å². The van der Waals surface area contributed by atoms with Crippen molar-refractivity contribution in [3.05, 3.63) is 102 Å². The number of piperidine rings is 3. The molecule has 368 valence electrons. The van der Waals surface area contributed by atoms with Gasteiger partial charge in [-0.15, -0.1) is 0 Å². The van der Waals surface area contributed by atoms with Crippen LogP contribution in [-0.2, 0) is 25.6 Å². The lowest BCUT2D eigenvalue weighted by Gasteiger charge is -2.40. The van der Waals surface area contributed by atoms with Gasteiger partial charge in [0.15, 0.2) is 17.0 Å². The Morgan fingerprint density at radius 2 is 1.42 bits per heavy atom. The van der Waals surface area contributed by atoms with E-state index in [1.807, 2.05) is 47.6 Å². The average molecular weight is 961 g/mol. The first kappa shape index (κ1) is 46.2. The van der Waals surface area contributed by atoms with Crippen LogP contribution in [0.5, 0.6) is 0 Å². The fraction of sp³-hybridized carbons (Fsp3) is 0.453. The van der Waals surface area contributed by atoms with Crippen molar-refractivity contribution in [3.8, 4) is 0 Å². The Labute approximate surface area is 412 Å². The molecule has 0 spiro atoms. The van der Waals surface area contributed by atoms with Crippen LogP contribution in [0.2, 0.25) is 0 Å². The lowest BCUT2D eigenvalue weighted by atomic mass is 9.86. The Bertz CT molecular complexity index is 2830. The zero-order valence-electron chi connectivity index (χ0n) is 39.9. The van der Waals surface area contributed by atoms with Gasteiger partial charge in [0, 0.05) is 93.8 Å². The van der Waals surface area contributed by atoms with Crippen LogP contribution >= 0.6 is 0 Å². The van der Waals surface area contributed by atoms with Crippen LogP contribution in [-0.4, -0.2) is 141 Å². The predicted molar refractivity (Wildman–Crippen MR) is 266 cm³/mol. The van der Waals surface area contributed by atoms with E-state index in [0.29, 0.717) is 44.1 Å². The number of nitrogens with one attached hydrogen (secondary N) is 3. The maximum Gasteiger partial charge on any atom is 0.262 e. The number of fused-ring (bicyclic) bond motifs is 2. The number of rotatable bonds is 13. The summed E-state index contributed by atoms with van der Waals surface area (Å²) < 4.78 is 2.10. The highest BCUT2D eigenvalue weighted by atomic mass is 16.2. The fourth-order valence-electron chi connectivity index (χ4n) is 11.4. The highest BCUT2D eigenvalue weighted by Crippen LogP contribution is 2.37. The van der Waals surface area contributed by atoms with Crippen molar-refractivity contribution in [3.63, 3.8) is 0 Å². The highest BCUT2D eigenvalue weighted by molar-refractivity contribution is 6.23. The molecular weight excluding hydrogens is 901 g/mol. The molecule has 1 aliphatic carbocycles. The van der Waals surface area contributed by atoms with Gasteiger partial charge in [0.1, 0.15) is 12.4 Å². The van der Waals surface area contributed by atoms with Gasteiger partial charge in [0.2, 0.25) is 23.6 Å². The SMILES string of the molecule is O=C1CC[C@H](N2C(=O)c3ccc(N4CCC(C(=O)N5CCN(CCC6CCN(c7ccc(Nc8ncnc9c8ncn9C8CC(NC(=O)Cc9ccccc9)C8)cc7)CC6)CC5)CC4)cc3C2=O)C(=O)N1. The van der Waals surface area contributed by atoms with Crippen LogP contribution in [0.15, 0.2) is 85.5 Å². The van der Waals surface area contributed by atoms with Crippen LogP contribution in [0.25, 0.3) is 11.2 Å². The number of aromatic nitrogens is 4. The number of carbonyl (C=O) groups excluding carboxylic acids is 6. The van der Waals surface area contributed by atoms with Crippen molar-refractivity contribution in [2.75, 3.05) is 74.0 Å². The Kier molecular flexibility index (Phi) is 12.9. The number of imide groups is 2. The Hall–Kier alpha value is -7.21. The quantitative estimate of drug-likeness (QED) is 0.138. The van der Waals surface area contributed by atoms with E-state index >= 15 is 0 Å². The molecule has 71 heavy (non-hydrogen) atoms. The van der Waals surface area contributed by atoms with E-state index in [0.717, 1.165) is 111 Å². The molecule has 7 heterocycles. The van der Waals surface area contributed by atoms with E-state index in [2.05, 4.69) is 69.5 Å². The molecule has 18 heteroatoms. The summed E-state index contributed by atoms with van der Waals surface area (Å²) in [5, 5.41) is 8.88. The summed E-state index contributed by atoms with van der Waals surface area (Å²) in [5.74, 6) is -0.476. The van der Waals surface area contributed by atoms with Crippen molar-refractivity contribution >= 4 is 69.5 Å². The third-order valence-corrected chi connectivity index (χ3v) is 15.7. The second-order valence-corrected chi connectivity index (χ2v) is 20.1. The second kappa shape index (κ2) is 19.9. The minimum absolute atomic E-state index is 0.0442. The Morgan fingerprint density at radius 1 is 0.718 bits per heavy atom. The Balaban J connectivity index is 0.586. The predicted octanol–water partition coefficient (Wildman–Crippen LogP) is 4.70. The molecule has 5 aliphatic heterocycles. The van der Waals surface area contributed by atoms with E-state index in [1.165, 1.54) is 5.69 Å². The first-order chi connectivity index (χ1) is 34.6.